The van der Waals surface area contributed by atoms with Crippen LogP contribution < -0.4 is 5.32 Å². The Hall–Kier alpha value is -3.32. The number of aromatic amines is 1. The molecule has 6 rings (SSSR count). The Morgan fingerprint density at radius 3 is 2.90 bits per heavy atom. The summed E-state index contributed by atoms with van der Waals surface area (Å²) in [6.45, 7) is 4.65. The highest BCUT2D eigenvalue weighted by Crippen LogP contribution is 2.36. The van der Waals surface area contributed by atoms with Crippen molar-refractivity contribution in [3.63, 3.8) is 0 Å². The fraction of sp³-hybridized carbons (Fsp3) is 0.273. The lowest BCUT2D eigenvalue weighted by Crippen LogP contribution is -2.03. The predicted molar refractivity (Wildman–Crippen MR) is 110 cm³/mol. The summed E-state index contributed by atoms with van der Waals surface area (Å²) in [6.07, 6.45) is 4.00. The van der Waals surface area contributed by atoms with E-state index in [0.29, 0.717) is 0 Å². The molecule has 0 atom stereocenters. The number of hydrogen-bond acceptors (Lipinski definition) is 5. The Bertz CT molecular complexity index is 1210. The molecule has 144 valence electrons. The molecular weight excluding hydrogens is 362 g/mol. The Morgan fingerprint density at radius 1 is 1.03 bits per heavy atom. The molecule has 0 aromatic carbocycles. The Kier molecular flexibility index (Phi) is 3.64. The Morgan fingerprint density at radius 2 is 2.00 bits per heavy atom. The molecule has 0 saturated carbocycles. The molecule has 4 aromatic rings. The maximum absolute atomic E-state index is 4.97. The molecule has 0 saturated heterocycles. The van der Waals surface area contributed by atoms with Gasteiger partial charge in [-0.05, 0) is 37.6 Å². The van der Waals surface area contributed by atoms with Crippen LogP contribution in [-0.4, -0.2) is 29.5 Å². The van der Waals surface area contributed by atoms with Gasteiger partial charge in [0.25, 0.3) is 0 Å². The molecule has 0 aliphatic carbocycles. The van der Waals surface area contributed by atoms with Crippen molar-refractivity contribution in [3.8, 4) is 34.2 Å². The lowest BCUT2D eigenvalue weighted by Gasteiger charge is -2.09. The zero-order chi connectivity index (χ0) is 19.4. The number of aromatic nitrogens is 6. The van der Waals surface area contributed by atoms with Gasteiger partial charge in [0.05, 0.1) is 22.8 Å². The normalized spacial score (nSPS) is 14.9. The van der Waals surface area contributed by atoms with Gasteiger partial charge in [-0.1, -0.05) is 6.07 Å². The number of fused-ring (bicyclic) bond motifs is 2. The molecule has 4 aromatic heterocycles. The van der Waals surface area contributed by atoms with Crippen molar-refractivity contribution in [2.45, 2.75) is 39.4 Å². The second-order valence-electron chi connectivity index (χ2n) is 7.69. The second-order valence-corrected chi connectivity index (χ2v) is 7.69. The molecular formula is C22H21N7. The van der Waals surface area contributed by atoms with E-state index in [9.17, 15) is 0 Å². The molecule has 6 heterocycles. The van der Waals surface area contributed by atoms with Crippen LogP contribution in [0.25, 0.3) is 34.2 Å². The molecule has 0 fully saturated rings. The van der Waals surface area contributed by atoms with Crippen LogP contribution >= 0.6 is 0 Å². The van der Waals surface area contributed by atoms with Crippen LogP contribution in [0.5, 0.6) is 0 Å². The van der Waals surface area contributed by atoms with Crippen LogP contribution in [-0.2, 0) is 26.1 Å². The first kappa shape index (κ1) is 16.6. The highest BCUT2D eigenvalue weighted by atomic mass is 15.1. The quantitative estimate of drug-likeness (QED) is 0.567. The van der Waals surface area contributed by atoms with Gasteiger partial charge in [-0.2, -0.15) is 0 Å². The third-order valence-corrected chi connectivity index (χ3v) is 5.69. The first-order chi connectivity index (χ1) is 14.3. The molecule has 7 nitrogen and oxygen atoms in total. The van der Waals surface area contributed by atoms with Gasteiger partial charge in [-0.25, -0.2) is 9.97 Å². The van der Waals surface area contributed by atoms with Gasteiger partial charge >= 0.3 is 0 Å². The van der Waals surface area contributed by atoms with Crippen LogP contribution in [0.2, 0.25) is 0 Å². The summed E-state index contributed by atoms with van der Waals surface area (Å²) < 4.78 is 2.34. The fourth-order valence-corrected chi connectivity index (χ4v) is 4.34. The van der Waals surface area contributed by atoms with Crippen molar-refractivity contribution in [2.24, 2.45) is 0 Å². The number of hydrogen-bond donors (Lipinski definition) is 2. The average Bonchev–Trinajstić information content (AvgIpc) is 3.47. The van der Waals surface area contributed by atoms with E-state index >= 15 is 0 Å². The van der Waals surface area contributed by atoms with Crippen LogP contribution in [0.3, 0.4) is 0 Å². The fourth-order valence-electron chi connectivity index (χ4n) is 4.34. The van der Waals surface area contributed by atoms with Crippen molar-refractivity contribution in [1.29, 1.82) is 0 Å². The van der Waals surface area contributed by atoms with Gasteiger partial charge in [0.15, 0.2) is 5.82 Å². The van der Waals surface area contributed by atoms with Gasteiger partial charge in [-0.15, -0.1) is 0 Å². The highest BCUT2D eigenvalue weighted by Gasteiger charge is 2.25. The summed E-state index contributed by atoms with van der Waals surface area (Å²) in [5, 5.41) is 3.31. The summed E-state index contributed by atoms with van der Waals surface area (Å²) in [6, 6.07) is 10.3. The molecule has 0 bridgehead atoms. The minimum atomic E-state index is 0.810. The third kappa shape index (κ3) is 2.69. The van der Waals surface area contributed by atoms with E-state index in [1.165, 1.54) is 0 Å². The summed E-state index contributed by atoms with van der Waals surface area (Å²) >= 11 is 0. The molecule has 0 amide bonds. The summed E-state index contributed by atoms with van der Waals surface area (Å²) in [7, 11) is 0. The van der Waals surface area contributed by atoms with Crippen molar-refractivity contribution in [1.82, 2.24) is 34.8 Å². The summed E-state index contributed by atoms with van der Waals surface area (Å²) in [5.74, 6) is 1.97. The van der Waals surface area contributed by atoms with Crippen molar-refractivity contribution >= 4 is 0 Å². The molecule has 7 heteroatoms. The predicted octanol–water partition coefficient (Wildman–Crippen LogP) is 3.26. The molecule has 29 heavy (non-hydrogen) atoms. The number of pyridine rings is 2. The highest BCUT2D eigenvalue weighted by molar-refractivity contribution is 5.79. The van der Waals surface area contributed by atoms with Crippen LogP contribution in [0.4, 0.5) is 0 Å². The average molecular weight is 383 g/mol. The molecule has 2 N–H and O–H groups in total. The maximum atomic E-state index is 4.97. The first-order valence-electron chi connectivity index (χ1n) is 10.0. The molecule has 0 radical (unpaired) electrons. The first-order valence-corrected chi connectivity index (χ1v) is 10.0. The summed E-state index contributed by atoms with van der Waals surface area (Å²) in [5.41, 5.74) is 8.19. The Balaban J connectivity index is 1.50. The number of aryl methyl sites for hydroxylation is 2. The van der Waals surface area contributed by atoms with Crippen LogP contribution in [0.15, 0.2) is 36.5 Å². The number of imidazole rings is 2. The van der Waals surface area contributed by atoms with E-state index < -0.39 is 0 Å². The maximum Gasteiger partial charge on any atom is 0.156 e. The zero-order valence-electron chi connectivity index (χ0n) is 16.2. The van der Waals surface area contributed by atoms with Gasteiger partial charge < -0.3 is 14.9 Å². The van der Waals surface area contributed by atoms with E-state index in [1.54, 1.807) is 0 Å². The molecule has 0 unspecified atom stereocenters. The standard InChI is InChI=1S/C22H21N7/c1-13-4-2-5-15(25-13)20-21(29-9-3-6-19(29)28-20)14-7-8-24-16(10-14)22-26-17-11-23-12-18(17)27-22/h2,4-5,7-8,10,23H,3,6,9,11-12H2,1H3,(H,26,27). The minimum absolute atomic E-state index is 0.810. The summed E-state index contributed by atoms with van der Waals surface area (Å²) in [4.78, 5) is 22.4. The zero-order valence-corrected chi connectivity index (χ0v) is 16.2. The van der Waals surface area contributed by atoms with Gasteiger partial charge in [0, 0.05) is 43.5 Å². The largest absolute Gasteiger partial charge is 0.339 e. The topological polar surface area (TPSA) is 84.3 Å². The molecule has 0 spiro atoms. The van der Waals surface area contributed by atoms with Crippen LogP contribution in [0, 0.1) is 6.92 Å². The lowest BCUT2D eigenvalue weighted by molar-refractivity contribution is 0.744. The van der Waals surface area contributed by atoms with Gasteiger partial charge in [0.1, 0.15) is 17.2 Å². The second kappa shape index (κ2) is 6.35. The van der Waals surface area contributed by atoms with Crippen molar-refractivity contribution in [2.75, 3.05) is 0 Å². The monoisotopic (exact) mass is 383 g/mol. The number of H-pyrrole nitrogens is 1. The van der Waals surface area contributed by atoms with E-state index in [-0.39, 0.29) is 0 Å². The third-order valence-electron chi connectivity index (χ3n) is 5.69. The molecule has 2 aliphatic heterocycles. The lowest BCUT2D eigenvalue weighted by atomic mass is 10.1. The molecule has 2 aliphatic rings. The van der Waals surface area contributed by atoms with E-state index in [2.05, 4.69) is 32.0 Å². The van der Waals surface area contributed by atoms with E-state index in [1.807, 2.05) is 31.3 Å². The number of rotatable bonds is 3. The van der Waals surface area contributed by atoms with Gasteiger partial charge in [0.2, 0.25) is 0 Å². The van der Waals surface area contributed by atoms with Gasteiger partial charge in [-0.3, -0.25) is 9.97 Å². The smallest absolute Gasteiger partial charge is 0.156 e. The number of nitrogens with one attached hydrogen (secondary N) is 2. The van der Waals surface area contributed by atoms with E-state index in [4.69, 9.17) is 15.0 Å². The minimum Gasteiger partial charge on any atom is -0.339 e. The van der Waals surface area contributed by atoms with E-state index in [0.717, 1.165) is 89.5 Å². The van der Waals surface area contributed by atoms with Crippen LogP contribution in [0.1, 0.15) is 29.3 Å². The number of nitrogens with zero attached hydrogens (tertiary/aromatic N) is 5. The SMILES string of the molecule is Cc1cccc(-c2nc3n(c2-c2ccnc(-c4nc5c([nH]4)CNC5)c2)CCC3)n1. The van der Waals surface area contributed by atoms with Crippen molar-refractivity contribution in [3.05, 3.63) is 59.4 Å². The van der Waals surface area contributed by atoms with Crippen molar-refractivity contribution < 1.29 is 0 Å². The Labute approximate surface area is 168 Å².